The molecule has 1 aromatic rings. The first kappa shape index (κ1) is 13.2. The number of ether oxygens (including phenoxy) is 2. The molecule has 0 aromatic heterocycles. The molecule has 0 saturated carbocycles. The summed E-state index contributed by atoms with van der Waals surface area (Å²) in [6.45, 7) is 4.57. The third-order valence-corrected chi connectivity index (χ3v) is 4.39. The largest absolute Gasteiger partial charge is 0.381 e. The quantitative estimate of drug-likeness (QED) is 0.921. The van der Waals surface area contributed by atoms with Crippen molar-refractivity contribution in [2.75, 3.05) is 25.1 Å². The summed E-state index contributed by atoms with van der Waals surface area (Å²) in [4.78, 5) is 0. The summed E-state index contributed by atoms with van der Waals surface area (Å²) in [5.41, 5.74) is 2.32. The lowest BCUT2D eigenvalue weighted by Crippen LogP contribution is -2.55. The molecule has 1 unspecified atom stereocenters. The van der Waals surface area contributed by atoms with Gasteiger partial charge in [0.05, 0.1) is 22.4 Å². The number of hydrogen-bond acceptors (Lipinski definition) is 3. The van der Waals surface area contributed by atoms with Gasteiger partial charge in [0.25, 0.3) is 0 Å². The Hall–Kier alpha value is -0.770. The van der Waals surface area contributed by atoms with Crippen molar-refractivity contribution in [1.82, 2.24) is 0 Å². The van der Waals surface area contributed by atoms with Gasteiger partial charge in [-0.15, -0.1) is 0 Å². The minimum atomic E-state index is 0.112. The van der Waals surface area contributed by atoms with Crippen molar-refractivity contribution in [2.45, 2.75) is 37.9 Å². The summed E-state index contributed by atoms with van der Waals surface area (Å²) >= 11 is 6.16. The molecule has 2 fully saturated rings. The second-order valence-corrected chi connectivity index (χ2v) is 6.01. The first-order chi connectivity index (χ1) is 9.17. The minimum Gasteiger partial charge on any atom is -0.381 e. The van der Waals surface area contributed by atoms with Crippen molar-refractivity contribution in [3.63, 3.8) is 0 Å². The summed E-state index contributed by atoms with van der Waals surface area (Å²) in [7, 11) is 0. The molecule has 1 atom stereocenters. The Morgan fingerprint density at radius 3 is 2.84 bits per heavy atom. The summed E-state index contributed by atoms with van der Waals surface area (Å²) in [5, 5.41) is 4.16. The number of hydrogen-bond donors (Lipinski definition) is 1. The van der Waals surface area contributed by atoms with Crippen molar-refractivity contribution < 1.29 is 9.47 Å². The van der Waals surface area contributed by atoms with Gasteiger partial charge in [-0.3, -0.25) is 0 Å². The zero-order valence-electron chi connectivity index (χ0n) is 11.2. The Balaban J connectivity index is 1.50. The maximum Gasteiger partial charge on any atom is 0.0782 e. The third kappa shape index (κ3) is 2.88. The van der Waals surface area contributed by atoms with E-state index in [9.17, 15) is 0 Å². The van der Waals surface area contributed by atoms with E-state index >= 15 is 0 Å². The molecular weight excluding hydrogens is 262 g/mol. The fraction of sp³-hybridized carbons (Fsp3) is 0.600. The number of nitrogens with one attached hydrogen (secondary N) is 1. The van der Waals surface area contributed by atoms with Crippen LogP contribution in [-0.2, 0) is 9.47 Å². The lowest BCUT2D eigenvalue weighted by Gasteiger charge is -2.50. The first-order valence-electron chi connectivity index (χ1n) is 6.92. The Bertz CT molecular complexity index is 449. The molecule has 2 aliphatic rings. The maximum absolute atomic E-state index is 6.16. The zero-order chi connectivity index (χ0) is 13.3. The highest BCUT2D eigenvalue weighted by Crippen LogP contribution is 2.40. The summed E-state index contributed by atoms with van der Waals surface area (Å²) in [5.74, 6) is 0. The van der Waals surface area contributed by atoms with E-state index in [2.05, 4.69) is 18.3 Å². The van der Waals surface area contributed by atoms with Gasteiger partial charge in [0.2, 0.25) is 0 Å². The Kier molecular flexibility index (Phi) is 3.70. The van der Waals surface area contributed by atoms with Gasteiger partial charge in [0.15, 0.2) is 0 Å². The first-order valence-corrected chi connectivity index (χ1v) is 7.30. The molecule has 4 heteroatoms. The molecule has 1 spiro atoms. The predicted octanol–water partition coefficient (Wildman–Crippen LogP) is 3.40. The number of aryl methyl sites for hydroxylation is 1. The Morgan fingerprint density at radius 1 is 1.37 bits per heavy atom. The second-order valence-electron chi connectivity index (χ2n) is 5.60. The molecule has 2 heterocycles. The fourth-order valence-corrected chi connectivity index (χ4v) is 3.12. The lowest BCUT2D eigenvalue weighted by atomic mass is 9.82. The molecule has 1 N–H and O–H groups in total. The molecule has 19 heavy (non-hydrogen) atoms. The number of halogens is 1. The van der Waals surface area contributed by atoms with Gasteiger partial charge in [0, 0.05) is 26.2 Å². The number of benzene rings is 1. The molecule has 2 saturated heterocycles. The van der Waals surface area contributed by atoms with Crippen LogP contribution in [0.4, 0.5) is 5.69 Å². The highest BCUT2D eigenvalue weighted by molar-refractivity contribution is 6.33. The summed E-state index contributed by atoms with van der Waals surface area (Å²) < 4.78 is 11.5. The fourth-order valence-electron chi connectivity index (χ4n) is 2.94. The Labute approximate surface area is 119 Å². The van der Waals surface area contributed by atoms with Gasteiger partial charge >= 0.3 is 0 Å². The molecule has 104 valence electrons. The predicted molar refractivity (Wildman–Crippen MR) is 77.0 cm³/mol. The van der Waals surface area contributed by atoms with Crippen LogP contribution in [0.5, 0.6) is 0 Å². The van der Waals surface area contributed by atoms with Crippen LogP contribution in [0, 0.1) is 6.92 Å². The summed E-state index contributed by atoms with van der Waals surface area (Å²) in [6.07, 6.45) is 3.51. The monoisotopic (exact) mass is 281 g/mol. The van der Waals surface area contributed by atoms with E-state index in [1.165, 1.54) is 5.56 Å². The lowest BCUT2D eigenvalue weighted by molar-refractivity contribution is -0.231. The van der Waals surface area contributed by atoms with Gasteiger partial charge in [0.1, 0.15) is 0 Å². The molecular formula is C15H20ClNO2. The third-order valence-electron chi connectivity index (χ3n) is 4.06. The van der Waals surface area contributed by atoms with Crippen LogP contribution in [0.15, 0.2) is 18.2 Å². The van der Waals surface area contributed by atoms with E-state index in [0.717, 1.165) is 49.7 Å². The van der Waals surface area contributed by atoms with Crippen LogP contribution in [0.2, 0.25) is 5.02 Å². The second kappa shape index (κ2) is 5.31. The van der Waals surface area contributed by atoms with Crippen LogP contribution in [0.25, 0.3) is 0 Å². The average molecular weight is 282 g/mol. The summed E-state index contributed by atoms with van der Waals surface area (Å²) in [6, 6.07) is 6.02. The van der Waals surface area contributed by atoms with Crippen molar-refractivity contribution in [3.05, 3.63) is 28.8 Å². The van der Waals surface area contributed by atoms with E-state index in [4.69, 9.17) is 21.1 Å². The van der Waals surface area contributed by atoms with Crippen molar-refractivity contribution in [1.29, 1.82) is 0 Å². The zero-order valence-corrected chi connectivity index (χ0v) is 12.0. The van der Waals surface area contributed by atoms with Gasteiger partial charge in [-0.1, -0.05) is 17.7 Å². The van der Waals surface area contributed by atoms with Crippen molar-refractivity contribution in [3.8, 4) is 0 Å². The van der Waals surface area contributed by atoms with Gasteiger partial charge in [-0.25, -0.2) is 0 Å². The van der Waals surface area contributed by atoms with E-state index < -0.39 is 0 Å². The normalized spacial score (nSPS) is 25.1. The van der Waals surface area contributed by atoms with E-state index in [1.54, 1.807) is 0 Å². The molecule has 0 amide bonds. The number of rotatable bonds is 3. The van der Waals surface area contributed by atoms with Gasteiger partial charge in [-0.2, -0.15) is 0 Å². The van der Waals surface area contributed by atoms with Crippen LogP contribution < -0.4 is 5.32 Å². The van der Waals surface area contributed by atoms with Crippen LogP contribution in [0.3, 0.4) is 0 Å². The van der Waals surface area contributed by atoms with Crippen LogP contribution in [-0.4, -0.2) is 31.5 Å². The maximum atomic E-state index is 6.16. The van der Waals surface area contributed by atoms with E-state index in [0.29, 0.717) is 6.10 Å². The Morgan fingerprint density at radius 2 is 2.11 bits per heavy atom. The van der Waals surface area contributed by atoms with Crippen LogP contribution in [0.1, 0.15) is 24.8 Å². The molecule has 0 aliphatic carbocycles. The topological polar surface area (TPSA) is 30.5 Å². The molecule has 0 radical (unpaired) electrons. The molecule has 3 nitrogen and oxygen atoms in total. The van der Waals surface area contributed by atoms with Crippen molar-refractivity contribution >= 4 is 17.3 Å². The SMILES string of the molecule is Cc1ccc(Cl)c(NCC2CC3(CCOCC3)O2)c1. The highest BCUT2D eigenvalue weighted by Gasteiger charge is 2.46. The standard InChI is InChI=1S/C15H20ClNO2/c1-11-2-3-13(16)14(8-11)17-10-12-9-15(19-12)4-6-18-7-5-15/h2-3,8,12,17H,4-7,9-10H2,1H3. The highest BCUT2D eigenvalue weighted by atomic mass is 35.5. The molecule has 2 aliphatic heterocycles. The van der Waals surface area contributed by atoms with Gasteiger partial charge < -0.3 is 14.8 Å². The molecule has 3 rings (SSSR count). The molecule has 1 aromatic carbocycles. The smallest absolute Gasteiger partial charge is 0.0782 e. The van der Waals surface area contributed by atoms with Crippen molar-refractivity contribution in [2.24, 2.45) is 0 Å². The average Bonchev–Trinajstić information content (AvgIpc) is 2.38. The minimum absolute atomic E-state index is 0.112. The van der Waals surface area contributed by atoms with Crippen LogP contribution >= 0.6 is 11.6 Å². The number of anilines is 1. The molecule has 0 bridgehead atoms. The van der Waals surface area contributed by atoms with E-state index in [1.807, 2.05) is 12.1 Å². The van der Waals surface area contributed by atoms with Gasteiger partial charge in [-0.05, 0) is 37.5 Å². The van der Waals surface area contributed by atoms with E-state index in [-0.39, 0.29) is 5.60 Å².